The third-order valence-corrected chi connectivity index (χ3v) is 3.20. The maximum Gasteiger partial charge on any atom is 0.328 e. The molecule has 1 unspecified atom stereocenters. The Balaban J connectivity index is 0.000000307. The standard InChI is InChI=1S/C13H19NO2.C4H4O4/c1-11-4-2-3-5-12(11)9-15-10-13-8-14-6-7-16-13;5-3(6)1-2-4(7)8/h2-5,13-14H,6-10H2,1H3;1-2H,(H,5,6)(H,7,8)/b;2-1-. The Hall–Kier alpha value is -2.22. The van der Waals surface area contributed by atoms with Crippen molar-refractivity contribution in [2.24, 2.45) is 0 Å². The van der Waals surface area contributed by atoms with E-state index < -0.39 is 11.9 Å². The monoisotopic (exact) mass is 337 g/mol. The van der Waals surface area contributed by atoms with Crippen LogP contribution in [0.2, 0.25) is 0 Å². The van der Waals surface area contributed by atoms with Crippen molar-refractivity contribution in [3.63, 3.8) is 0 Å². The molecule has 1 atom stereocenters. The molecule has 1 heterocycles. The second kappa shape index (κ2) is 11.3. The van der Waals surface area contributed by atoms with Gasteiger partial charge in [-0.3, -0.25) is 0 Å². The van der Waals surface area contributed by atoms with Crippen molar-refractivity contribution in [2.75, 3.05) is 26.3 Å². The normalized spacial score (nSPS) is 17.1. The van der Waals surface area contributed by atoms with Gasteiger partial charge in [0.15, 0.2) is 0 Å². The summed E-state index contributed by atoms with van der Waals surface area (Å²) < 4.78 is 11.2. The quantitative estimate of drug-likeness (QED) is 0.670. The molecule has 1 aromatic carbocycles. The van der Waals surface area contributed by atoms with Crippen molar-refractivity contribution in [2.45, 2.75) is 19.6 Å². The molecule has 0 radical (unpaired) electrons. The SMILES string of the molecule is Cc1ccccc1COCC1CNCCO1.O=C(O)/C=C\C(=O)O. The Morgan fingerprint density at radius 3 is 2.50 bits per heavy atom. The minimum absolute atomic E-state index is 0.206. The van der Waals surface area contributed by atoms with Gasteiger partial charge in [-0.1, -0.05) is 24.3 Å². The zero-order chi connectivity index (χ0) is 17.8. The number of hydrogen-bond acceptors (Lipinski definition) is 5. The van der Waals surface area contributed by atoms with Crippen LogP contribution in [0.25, 0.3) is 0 Å². The molecule has 0 spiro atoms. The predicted octanol–water partition coefficient (Wildman–Crippen LogP) is 1.21. The van der Waals surface area contributed by atoms with Gasteiger partial charge in [-0.25, -0.2) is 9.59 Å². The predicted molar refractivity (Wildman–Crippen MR) is 87.9 cm³/mol. The maximum atomic E-state index is 9.55. The van der Waals surface area contributed by atoms with Crippen LogP contribution in [0.15, 0.2) is 36.4 Å². The van der Waals surface area contributed by atoms with Crippen LogP contribution in [0.5, 0.6) is 0 Å². The first kappa shape index (κ1) is 19.8. The Morgan fingerprint density at radius 2 is 1.96 bits per heavy atom. The van der Waals surface area contributed by atoms with Crippen LogP contribution in [0.3, 0.4) is 0 Å². The second-order valence-corrected chi connectivity index (χ2v) is 5.15. The molecule has 1 fully saturated rings. The van der Waals surface area contributed by atoms with Crippen LogP contribution in [0.1, 0.15) is 11.1 Å². The van der Waals surface area contributed by atoms with Crippen molar-refractivity contribution in [1.29, 1.82) is 0 Å². The van der Waals surface area contributed by atoms with Gasteiger partial charge < -0.3 is 25.0 Å². The number of rotatable bonds is 6. The maximum absolute atomic E-state index is 9.55. The molecule has 132 valence electrons. The minimum atomic E-state index is -1.26. The van der Waals surface area contributed by atoms with E-state index in [2.05, 4.69) is 24.4 Å². The summed E-state index contributed by atoms with van der Waals surface area (Å²) in [6.45, 7) is 6.09. The number of hydrogen-bond donors (Lipinski definition) is 3. The van der Waals surface area contributed by atoms with E-state index in [1.807, 2.05) is 12.1 Å². The largest absolute Gasteiger partial charge is 0.478 e. The molecule has 1 aliphatic rings. The van der Waals surface area contributed by atoms with Crippen molar-refractivity contribution in [3.8, 4) is 0 Å². The fraction of sp³-hybridized carbons (Fsp3) is 0.412. The van der Waals surface area contributed by atoms with E-state index in [4.69, 9.17) is 19.7 Å². The van der Waals surface area contributed by atoms with Crippen molar-refractivity contribution < 1.29 is 29.3 Å². The summed E-state index contributed by atoms with van der Waals surface area (Å²) in [4.78, 5) is 19.1. The molecular formula is C17H23NO6. The summed E-state index contributed by atoms with van der Waals surface area (Å²) in [6, 6.07) is 8.31. The average Bonchev–Trinajstić information content (AvgIpc) is 2.56. The summed E-state index contributed by atoms with van der Waals surface area (Å²) in [6.07, 6.45) is 1.32. The number of carboxylic acid groups (broad SMARTS) is 2. The molecule has 0 aromatic heterocycles. The lowest BCUT2D eigenvalue weighted by Gasteiger charge is -2.23. The smallest absolute Gasteiger partial charge is 0.328 e. The molecule has 7 nitrogen and oxygen atoms in total. The van der Waals surface area contributed by atoms with Crippen LogP contribution in [0.4, 0.5) is 0 Å². The lowest BCUT2D eigenvalue weighted by molar-refractivity contribution is -0.134. The van der Waals surface area contributed by atoms with Crippen LogP contribution < -0.4 is 5.32 Å². The van der Waals surface area contributed by atoms with Crippen LogP contribution in [-0.4, -0.2) is 54.6 Å². The van der Waals surface area contributed by atoms with E-state index in [-0.39, 0.29) is 6.10 Å². The molecule has 7 heteroatoms. The molecule has 24 heavy (non-hydrogen) atoms. The molecule has 2 rings (SSSR count). The molecular weight excluding hydrogens is 314 g/mol. The molecule has 1 aromatic rings. The molecule has 0 saturated carbocycles. The summed E-state index contributed by atoms with van der Waals surface area (Å²) in [7, 11) is 0. The number of nitrogens with one attached hydrogen (secondary N) is 1. The van der Waals surface area contributed by atoms with Gasteiger partial charge in [-0.2, -0.15) is 0 Å². The van der Waals surface area contributed by atoms with E-state index >= 15 is 0 Å². The molecule has 1 saturated heterocycles. The van der Waals surface area contributed by atoms with E-state index in [0.717, 1.165) is 19.7 Å². The lowest BCUT2D eigenvalue weighted by atomic mass is 10.1. The molecule has 1 aliphatic heterocycles. The highest BCUT2D eigenvalue weighted by molar-refractivity contribution is 5.89. The Bertz CT molecular complexity index is 536. The highest BCUT2D eigenvalue weighted by Gasteiger charge is 2.13. The zero-order valence-corrected chi connectivity index (χ0v) is 13.6. The Labute approximate surface area is 140 Å². The first-order chi connectivity index (χ1) is 11.5. The van der Waals surface area contributed by atoms with Gasteiger partial charge in [-0.15, -0.1) is 0 Å². The summed E-state index contributed by atoms with van der Waals surface area (Å²) >= 11 is 0. The van der Waals surface area contributed by atoms with Crippen LogP contribution >= 0.6 is 0 Å². The van der Waals surface area contributed by atoms with Gasteiger partial charge in [0.1, 0.15) is 0 Å². The number of morpholine rings is 1. The summed E-state index contributed by atoms with van der Waals surface area (Å²) in [5, 5.41) is 18.9. The molecule has 0 bridgehead atoms. The highest BCUT2D eigenvalue weighted by Crippen LogP contribution is 2.09. The van der Waals surface area contributed by atoms with Gasteiger partial charge in [0.25, 0.3) is 0 Å². The van der Waals surface area contributed by atoms with E-state index in [1.165, 1.54) is 11.1 Å². The first-order valence-corrected chi connectivity index (χ1v) is 7.57. The molecule has 0 aliphatic carbocycles. The van der Waals surface area contributed by atoms with Gasteiger partial charge >= 0.3 is 11.9 Å². The Morgan fingerprint density at radius 1 is 1.29 bits per heavy atom. The van der Waals surface area contributed by atoms with Crippen molar-refractivity contribution >= 4 is 11.9 Å². The number of benzene rings is 1. The zero-order valence-electron chi connectivity index (χ0n) is 13.6. The minimum Gasteiger partial charge on any atom is -0.478 e. The van der Waals surface area contributed by atoms with Crippen LogP contribution in [-0.2, 0) is 25.7 Å². The van der Waals surface area contributed by atoms with Gasteiger partial charge in [0, 0.05) is 25.2 Å². The van der Waals surface area contributed by atoms with Gasteiger partial charge in [-0.05, 0) is 18.1 Å². The fourth-order valence-electron chi connectivity index (χ4n) is 1.94. The number of carboxylic acids is 2. The average molecular weight is 337 g/mol. The first-order valence-electron chi connectivity index (χ1n) is 7.57. The van der Waals surface area contributed by atoms with Crippen molar-refractivity contribution in [1.82, 2.24) is 5.32 Å². The fourth-order valence-corrected chi connectivity index (χ4v) is 1.94. The third-order valence-electron chi connectivity index (χ3n) is 3.20. The topological polar surface area (TPSA) is 105 Å². The van der Waals surface area contributed by atoms with E-state index in [9.17, 15) is 9.59 Å². The van der Waals surface area contributed by atoms with Gasteiger partial charge in [0.2, 0.25) is 0 Å². The van der Waals surface area contributed by atoms with E-state index in [0.29, 0.717) is 25.4 Å². The molecule has 3 N–H and O–H groups in total. The highest BCUT2D eigenvalue weighted by atomic mass is 16.5. The van der Waals surface area contributed by atoms with Crippen molar-refractivity contribution in [3.05, 3.63) is 47.5 Å². The summed E-state index contributed by atoms with van der Waals surface area (Å²) in [5.41, 5.74) is 2.54. The van der Waals surface area contributed by atoms with Gasteiger partial charge in [0.05, 0.1) is 25.9 Å². The number of carbonyl (C=O) groups is 2. The lowest BCUT2D eigenvalue weighted by Crippen LogP contribution is -2.40. The number of aryl methyl sites for hydroxylation is 1. The third kappa shape index (κ3) is 9.04. The number of ether oxygens (including phenoxy) is 2. The van der Waals surface area contributed by atoms with Crippen LogP contribution in [0, 0.1) is 6.92 Å². The number of aliphatic carboxylic acids is 2. The second-order valence-electron chi connectivity index (χ2n) is 5.15. The Kier molecular flexibility index (Phi) is 9.36. The van der Waals surface area contributed by atoms with E-state index in [1.54, 1.807) is 0 Å². The summed E-state index contributed by atoms with van der Waals surface area (Å²) in [5.74, 6) is -2.51. The molecule has 0 amide bonds.